The van der Waals surface area contributed by atoms with E-state index in [9.17, 15) is 14.7 Å². The Balaban J connectivity index is 2.67. The highest BCUT2D eigenvalue weighted by atomic mass is 16.5. The van der Waals surface area contributed by atoms with Crippen LogP contribution in [0.15, 0.2) is 18.2 Å². The first kappa shape index (κ1) is 17.6. The molecule has 4 N–H and O–H groups in total. The van der Waals surface area contributed by atoms with Crippen molar-refractivity contribution >= 4 is 17.7 Å². The second kappa shape index (κ2) is 7.51. The number of hydrogen-bond acceptors (Lipinski definition) is 5. The van der Waals surface area contributed by atoms with Crippen molar-refractivity contribution < 1.29 is 29.3 Å². The summed E-state index contributed by atoms with van der Waals surface area (Å²) < 4.78 is 10.5. The lowest BCUT2D eigenvalue weighted by molar-refractivity contribution is -0.155. The van der Waals surface area contributed by atoms with E-state index < -0.39 is 24.1 Å². The zero-order chi connectivity index (χ0) is 16.8. The molecule has 0 fully saturated rings. The van der Waals surface area contributed by atoms with Gasteiger partial charge in [-0.2, -0.15) is 0 Å². The summed E-state index contributed by atoms with van der Waals surface area (Å²) in [5, 5.41) is 23.0. The van der Waals surface area contributed by atoms with Crippen LogP contribution in [-0.4, -0.2) is 48.1 Å². The zero-order valence-electron chi connectivity index (χ0n) is 12.7. The maximum atomic E-state index is 11.7. The molecule has 0 aliphatic heterocycles. The molecule has 1 aromatic carbocycles. The molecule has 0 spiro atoms. The number of amides is 2. The van der Waals surface area contributed by atoms with Crippen LogP contribution in [0.2, 0.25) is 0 Å². The van der Waals surface area contributed by atoms with Gasteiger partial charge in [-0.05, 0) is 26.0 Å². The van der Waals surface area contributed by atoms with E-state index >= 15 is 0 Å². The number of carbonyl (C=O) groups is 2. The first-order valence-corrected chi connectivity index (χ1v) is 6.61. The number of benzene rings is 1. The van der Waals surface area contributed by atoms with Crippen LogP contribution >= 0.6 is 0 Å². The minimum absolute atomic E-state index is 0.428. The molecule has 8 heteroatoms. The molecule has 22 heavy (non-hydrogen) atoms. The largest absolute Gasteiger partial charge is 0.493 e. The number of carboxylic acid groups (broad SMARTS) is 1. The number of methoxy groups -OCH3 is 1. The monoisotopic (exact) mass is 312 g/mol. The van der Waals surface area contributed by atoms with E-state index in [-0.39, 0.29) is 0 Å². The van der Waals surface area contributed by atoms with Gasteiger partial charge in [-0.25, -0.2) is 9.59 Å². The number of aliphatic hydroxyl groups is 1. The fourth-order valence-corrected chi connectivity index (χ4v) is 1.52. The third-order valence-corrected chi connectivity index (χ3v) is 2.78. The van der Waals surface area contributed by atoms with Crippen LogP contribution in [0.25, 0.3) is 0 Å². The Kier molecular flexibility index (Phi) is 6.00. The number of ether oxygens (including phenoxy) is 2. The Hall–Kier alpha value is -2.48. The molecule has 0 radical (unpaired) electrons. The second-order valence-corrected chi connectivity index (χ2v) is 4.69. The number of aliphatic carboxylic acids is 1. The van der Waals surface area contributed by atoms with Crippen molar-refractivity contribution in [1.82, 2.24) is 5.32 Å². The molecule has 0 bridgehead atoms. The molecule has 0 saturated carbocycles. The highest BCUT2D eigenvalue weighted by Gasteiger charge is 2.30. The van der Waals surface area contributed by atoms with Crippen molar-refractivity contribution in [2.75, 3.05) is 25.6 Å². The first-order valence-electron chi connectivity index (χ1n) is 6.61. The van der Waals surface area contributed by atoms with Crippen LogP contribution in [0.1, 0.15) is 13.8 Å². The van der Waals surface area contributed by atoms with Gasteiger partial charge in [-0.15, -0.1) is 0 Å². The number of anilines is 1. The Bertz CT molecular complexity index is 544. The SMILES string of the molecule is CCOc1ccc(NC(=O)NCC(C)(O)C(=O)O)cc1OC. The Morgan fingerprint density at radius 2 is 2.00 bits per heavy atom. The maximum absolute atomic E-state index is 11.7. The van der Waals surface area contributed by atoms with Crippen molar-refractivity contribution in [2.24, 2.45) is 0 Å². The molecule has 1 atom stereocenters. The van der Waals surface area contributed by atoms with E-state index in [0.29, 0.717) is 23.8 Å². The maximum Gasteiger partial charge on any atom is 0.337 e. The molecule has 122 valence electrons. The number of urea groups is 1. The van der Waals surface area contributed by atoms with E-state index in [2.05, 4.69) is 10.6 Å². The number of nitrogens with one attached hydrogen (secondary N) is 2. The van der Waals surface area contributed by atoms with Crippen molar-refractivity contribution in [3.8, 4) is 11.5 Å². The van der Waals surface area contributed by atoms with Crippen molar-refractivity contribution in [1.29, 1.82) is 0 Å². The van der Waals surface area contributed by atoms with Gasteiger partial charge in [0.15, 0.2) is 17.1 Å². The van der Waals surface area contributed by atoms with Crippen molar-refractivity contribution in [3.05, 3.63) is 18.2 Å². The third kappa shape index (κ3) is 4.81. The van der Waals surface area contributed by atoms with E-state index in [1.807, 2.05) is 6.92 Å². The molecule has 0 aromatic heterocycles. The van der Waals surface area contributed by atoms with Gasteiger partial charge in [0, 0.05) is 11.8 Å². The quantitative estimate of drug-likeness (QED) is 0.598. The van der Waals surface area contributed by atoms with E-state index in [1.165, 1.54) is 7.11 Å². The standard InChI is InChI=1S/C14H20N2O6/c1-4-22-10-6-5-9(7-11(10)21-3)16-13(19)15-8-14(2,20)12(17)18/h5-7,20H,4,8H2,1-3H3,(H,17,18)(H2,15,16,19). The smallest absolute Gasteiger partial charge is 0.337 e. The number of rotatable bonds is 7. The summed E-state index contributed by atoms with van der Waals surface area (Å²) in [6, 6.07) is 4.18. The normalized spacial score (nSPS) is 12.9. The molecular weight excluding hydrogens is 292 g/mol. The Labute approximate surface area is 128 Å². The summed E-state index contributed by atoms with van der Waals surface area (Å²) in [5.41, 5.74) is -1.60. The van der Waals surface area contributed by atoms with Crippen LogP contribution in [0.4, 0.5) is 10.5 Å². The van der Waals surface area contributed by atoms with Gasteiger partial charge in [-0.1, -0.05) is 0 Å². The molecule has 8 nitrogen and oxygen atoms in total. The topological polar surface area (TPSA) is 117 Å². The summed E-state index contributed by atoms with van der Waals surface area (Å²) in [7, 11) is 1.48. The summed E-state index contributed by atoms with van der Waals surface area (Å²) in [5.74, 6) is -0.419. The van der Waals surface area contributed by atoms with Crippen LogP contribution in [0.3, 0.4) is 0 Å². The van der Waals surface area contributed by atoms with E-state index in [0.717, 1.165) is 6.92 Å². The molecule has 2 amide bonds. The van der Waals surface area contributed by atoms with Crippen LogP contribution in [0, 0.1) is 0 Å². The molecular formula is C14H20N2O6. The van der Waals surface area contributed by atoms with Crippen LogP contribution in [0.5, 0.6) is 11.5 Å². The van der Waals surface area contributed by atoms with E-state index in [4.69, 9.17) is 14.6 Å². The summed E-state index contributed by atoms with van der Waals surface area (Å²) >= 11 is 0. The lowest BCUT2D eigenvalue weighted by atomic mass is 10.1. The van der Waals surface area contributed by atoms with Gasteiger partial charge in [0.05, 0.1) is 20.3 Å². The summed E-state index contributed by atoms with van der Waals surface area (Å²) in [4.78, 5) is 22.4. The highest BCUT2D eigenvalue weighted by molar-refractivity contribution is 5.90. The van der Waals surface area contributed by atoms with Gasteiger partial charge in [0.2, 0.25) is 0 Å². The number of carbonyl (C=O) groups excluding carboxylic acids is 1. The first-order chi connectivity index (χ1) is 10.3. The van der Waals surface area contributed by atoms with Crippen molar-refractivity contribution in [3.63, 3.8) is 0 Å². The van der Waals surface area contributed by atoms with Gasteiger partial charge in [0.25, 0.3) is 0 Å². The van der Waals surface area contributed by atoms with Gasteiger partial charge in [0.1, 0.15) is 0 Å². The predicted octanol–water partition coefficient (Wildman–Crippen LogP) is 1.05. The molecule has 0 heterocycles. The molecule has 0 aliphatic rings. The Morgan fingerprint density at radius 3 is 2.55 bits per heavy atom. The average Bonchev–Trinajstić information content (AvgIpc) is 2.47. The van der Waals surface area contributed by atoms with Crippen LogP contribution in [-0.2, 0) is 4.79 Å². The zero-order valence-corrected chi connectivity index (χ0v) is 12.7. The molecule has 0 saturated heterocycles. The molecule has 1 rings (SSSR count). The van der Waals surface area contributed by atoms with Crippen LogP contribution < -0.4 is 20.1 Å². The molecule has 0 aliphatic carbocycles. The lowest BCUT2D eigenvalue weighted by Gasteiger charge is -2.18. The van der Waals surface area contributed by atoms with Gasteiger partial charge < -0.3 is 30.3 Å². The van der Waals surface area contributed by atoms with E-state index in [1.54, 1.807) is 18.2 Å². The lowest BCUT2D eigenvalue weighted by Crippen LogP contribution is -2.47. The molecule has 1 unspecified atom stereocenters. The van der Waals surface area contributed by atoms with Crippen molar-refractivity contribution in [2.45, 2.75) is 19.4 Å². The minimum atomic E-state index is -2.03. The highest BCUT2D eigenvalue weighted by Crippen LogP contribution is 2.30. The van der Waals surface area contributed by atoms with Gasteiger partial charge in [-0.3, -0.25) is 0 Å². The fraction of sp³-hybridized carbons (Fsp3) is 0.429. The summed E-state index contributed by atoms with van der Waals surface area (Å²) in [6.07, 6.45) is 0. The number of hydrogen-bond donors (Lipinski definition) is 4. The van der Waals surface area contributed by atoms with Gasteiger partial charge >= 0.3 is 12.0 Å². The predicted molar refractivity (Wildman–Crippen MR) is 79.4 cm³/mol. The Morgan fingerprint density at radius 1 is 1.32 bits per heavy atom. The minimum Gasteiger partial charge on any atom is -0.493 e. The summed E-state index contributed by atoms with van der Waals surface area (Å²) in [6.45, 7) is 2.99. The molecule has 1 aromatic rings. The number of carboxylic acids is 1. The average molecular weight is 312 g/mol. The second-order valence-electron chi connectivity index (χ2n) is 4.69. The third-order valence-electron chi connectivity index (χ3n) is 2.78. The fourth-order valence-electron chi connectivity index (χ4n) is 1.52.